The zero-order valence-electron chi connectivity index (χ0n) is 12.7. The highest BCUT2D eigenvalue weighted by Gasteiger charge is 2.12. The largest absolute Gasteiger partial charge is 0.487 e. The first-order chi connectivity index (χ1) is 10.7. The highest BCUT2D eigenvalue weighted by atomic mass is 16.5. The Balaban J connectivity index is 1.81. The normalized spacial score (nSPS) is 15.3. The number of carbonyl (C=O) groups excluding carboxylic acids is 1. The number of nitrogens with two attached hydrogens (primary N) is 1. The van der Waals surface area contributed by atoms with E-state index < -0.39 is 0 Å². The molecule has 0 radical (unpaired) electrons. The van der Waals surface area contributed by atoms with Crippen LogP contribution in [0.2, 0.25) is 0 Å². The van der Waals surface area contributed by atoms with Gasteiger partial charge in [0.2, 0.25) is 0 Å². The van der Waals surface area contributed by atoms with Gasteiger partial charge in [-0.15, -0.1) is 0 Å². The second-order valence-electron chi connectivity index (χ2n) is 5.06. The summed E-state index contributed by atoms with van der Waals surface area (Å²) in [5, 5.41) is 2.90. The SMILES string of the molecule is C=CCOc1ccc(C(=O)NCCN2CCOCC2)cc1N. The number of nitrogens with zero attached hydrogens (tertiary/aromatic N) is 1. The van der Waals surface area contributed by atoms with Crippen molar-refractivity contribution in [3.8, 4) is 5.75 Å². The summed E-state index contributed by atoms with van der Waals surface area (Å²) < 4.78 is 10.7. The van der Waals surface area contributed by atoms with Gasteiger partial charge in [-0.2, -0.15) is 0 Å². The van der Waals surface area contributed by atoms with E-state index in [2.05, 4.69) is 16.8 Å². The summed E-state index contributed by atoms with van der Waals surface area (Å²) in [4.78, 5) is 14.4. The standard InChI is InChI=1S/C16H23N3O3/c1-2-9-22-15-4-3-13(12-14(15)17)16(20)18-5-6-19-7-10-21-11-8-19/h2-4,12H,1,5-11,17H2,(H,18,20). The number of ether oxygens (including phenoxy) is 2. The minimum atomic E-state index is -0.129. The van der Waals surface area contributed by atoms with E-state index in [9.17, 15) is 4.79 Å². The molecule has 1 aliphatic rings. The molecule has 1 fully saturated rings. The third kappa shape index (κ3) is 4.75. The zero-order valence-corrected chi connectivity index (χ0v) is 12.7. The molecule has 0 aromatic heterocycles. The number of nitrogen functional groups attached to an aromatic ring is 1. The topological polar surface area (TPSA) is 76.8 Å². The number of benzene rings is 1. The fourth-order valence-electron chi connectivity index (χ4n) is 2.22. The fourth-order valence-corrected chi connectivity index (χ4v) is 2.22. The molecule has 0 aliphatic carbocycles. The molecule has 1 heterocycles. The smallest absolute Gasteiger partial charge is 0.251 e. The van der Waals surface area contributed by atoms with Crippen molar-refractivity contribution >= 4 is 11.6 Å². The minimum absolute atomic E-state index is 0.129. The number of hydrogen-bond acceptors (Lipinski definition) is 5. The van der Waals surface area contributed by atoms with Crippen LogP contribution < -0.4 is 15.8 Å². The van der Waals surface area contributed by atoms with Crippen LogP contribution in [-0.2, 0) is 4.74 Å². The molecular formula is C16H23N3O3. The molecule has 1 aromatic carbocycles. The van der Waals surface area contributed by atoms with Crippen molar-refractivity contribution in [2.45, 2.75) is 0 Å². The molecule has 120 valence electrons. The van der Waals surface area contributed by atoms with E-state index in [0.29, 0.717) is 30.2 Å². The first-order valence-electron chi connectivity index (χ1n) is 7.42. The predicted molar refractivity (Wildman–Crippen MR) is 86.1 cm³/mol. The van der Waals surface area contributed by atoms with E-state index in [1.54, 1.807) is 24.3 Å². The van der Waals surface area contributed by atoms with Gasteiger partial charge in [0.25, 0.3) is 5.91 Å². The average Bonchev–Trinajstić information content (AvgIpc) is 2.54. The van der Waals surface area contributed by atoms with E-state index in [4.69, 9.17) is 15.2 Å². The van der Waals surface area contributed by atoms with Gasteiger partial charge in [-0.1, -0.05) is 12.7 Å². The van der Waals surface area contributed by atoms with E-state index in [0.717, 1.165) is 32.8 Å². The lowest BCUT2D eigenvalue weighted by Crippen LogP contribution is -2.41. The quantitative estimate of drug-likeness (QED) is 0.578. The molecule has 6 nitrogen and oxygen atoms in total. The second kappa shape index (κ2) is 8.41. The maximum absolute atomic E-state index is 12.1. The molecule has 0 unspecified atom stereocenters. The van der Waals surface area contributed by atoms with Gasteiger partial charge in [0.05, 0.1) is 18.9 Å². The lowest BCUT2D eigenvalue weighted by molar-refractivity contribution is 0.0383. The molecule has 6 heteroatoms. The fraction of sp³-hybridized carbons (Fsp3) is 0.438. The Bertz CT molecular complexity index is 513. The Morgan fingerprint density at radius 2 is 2.23 bits per heavy atom. The highest BCUT2D eigenvalue weighted by Crippen LogP contribution is 2.22. The van der Waals surface area contributed by atoms with Crippen LogP contribution in [0.1, 0.15) is 10.4 Å². The summed E-state index contributed by atoms with van der Waals surface area (Å²) in [6, 6.07) is 5.04. The molecule has 2 rings (SSSR count). The van der Waals surface area contributed by atoms with Gasteiger partial charge in [0.1, 0.15) is 12.4 Å². The van der Waals surface area contributed by atoms with Gasteiger partial charge in [-0.05, 0) is 18.2 Å². The van der Waals surface area contributed by atoms with Crippen molar-refractivity contribution in [1.82, 2.24) is 10.2 Å². The summed E-state index contributed by atoms with van der Waals surface area (Å²) >= 11 is 0. The van der Waals surface area contributed by atoms with Gasteiger partial charge < -0.3 is 20.5 Å². The summed E-state index contributed by atoms with van der Waals surface area (Å²) in [7, 11) is 0. The molecule has 1 amide bonds. The number of nitrogens with one attached hydrogen (secondary N) is 1. The number of morpholine rings is 1. The van der Waals surface area contributed by atoms with E-state index >= 15 is 0 Å². The Kier molecular flexibility index (Phi) is 6.24. The average molecular weight is 305 g/mol. The Morgan fingerprint density at radius 1 is 1.45 bits per heavy atom. The molecule has 1 saturated heterocycles. The highest BCUT2D eigenvalue weighted by molar-refractivity contribution is 5.95. The first-order valence-corrected chi connectivity index (χ1v) is 7.42. The monoisotopic (exact) mass is 305 g/mol. The molecule has 0 spiro atoms. The van der Waals surface area contributed by atoms with Crippen molar-refractivity contribution < 1.29 is 14.3 Å². The second-order valence-corrected chi connectivity index (χ2v) is 5.06. The van der Waals surface area contributed by atoms with Gasteiger partial charge in [0, 0.05) is 31.7 Å². The molecule has 3 N–H and O–H groups in total. The third-order valence-electron chi connectivity index (χ3n) is 3.45. The summed E-state index contributed by atoms with van der Waals surface area (Å²) in [5.74, 6) is 0.431. The minimum Gasteiger partial charge on any atom is -0.487 e. The molecule has 0 saturated carbocycles. The van der Waals surface area contributed by atoms with Crippen molar-refractivity contribution in [2.75, 3.05) is 51.7 Å². The maximum Gasteiger partial charge on any atom is 0.251 e. The van der Waals surface area contributed by atoms with E-state index in [1.165, 1.54) is 0 Å². The Hall–Kier alpha value is -2.05. The van der Waals surface area contributed by atoms with Crippen LogP contribution in [0.3, 0.4) is 0 Å². The van der Waals surface area contributed by atoms with Crippen LogP contribution in [0, 0.1) is 0 Å². The van der Waals surface area contributed by atoms with Gasteiger partial charge in [0.15, 0.2) is 0 Å². The third-order valence-corrected chi connectivity index (χ3v) is 3.45. The molecule has 0 atom stereocenters. The lowest BCUT2D eigenvalue weighted by atomic mass is 10.1. The first kappa shape index (κ1) is 16.3. The van der Waals surface area contributed by atoms with Crippen molar-refractivity contribution in [3.63, 3.8) is 0 Å². The maximum atomic E-state index is 12.1. The molecule has 0 bridgehead atoms. The van der Waals surface area contributed by atoms with Crippen LogP contribution in [0.4, 0.5) is 5.69 Å². The van der Waals surface area contributed by atoms with Gasteiger partial charge in [-0.3, -0.25) is 9.69 Å². The van der Waals surface area contributed by atoms with Crippen molar-refractivity contribution in [3.05, 3.63) is 36.4 Å². The lowest BCUT2D eigenvalue weighted by Gasteiger charge is -2.26. The van der Waals surface area contributed by atoms with E-state index in [-0.39, 0.29) is 5.91 Å². The van der Waals surface area contributed by atoms with Crippen LogP contribution >= 0.6 is 0 Å². The number of amides is 1. The van der Waals surface area contributed by atoms with E-state index in [1.807, 2.05) is 0 Å². The number of anilines is 1. The molecule has 22 heavy (non-hydrogen) atoms. The van der Waals surface area contributed by atoms with Crippen LogP contribution in [0.25, 0.3) is 0 Å². The van der Waals surface area contributed by atoms with Gasteiger partial charge in [-0.25, -0.2) is 0 Å². The summed E-state index contributed by atoms with van der Waals surface area (Å²) in [6.45, 7) is 8.75. The zero-order chi connectivity index (χ0) is 15.8. The van der Waals surface area contributed by atoms with Crippen molar-refractivity contribution in [1.29, 1.82) is 0 Å². The summed E-state index contributed by atoms with van der Waals surface area (Å²) in [5.41, 5.74) is 6.86. The Morgan fingerprint density at radius 3 is 2.91 bits per heavy atom. The number of hydrogen-bond donors (Lipinski definition) is 2. The predicted octanol–water partition coefficient (Wildman–Crippen LogP) is 0.896. The van der Waals surface area contributed by atoms with Gasteiger partial charge >= 0.3 is 0 Å². The molecular weight excluding hydrogens is 282 g/mol. The van der Waals surface area contributed by atoms with Crippen LogP contribution in [0.5, 0.6) is 5.75 Å². The molecule has 1 aromatic rings. The van der Waals surface area contributed by atoms with Crippen LogP contribution in [-0.4, -0.2) is 56.8 Å². The Labute approximate surface area is 130 Å². The number of rotatable bonds is 7. The number of carbonyl (C=O) groups is 1. The molecule has 1 aliphatic heterocycles. The van der Waals surface area contributed by atoms with Crippen molar-refractivity contribution in [2.24, 2.45) is 0 Å². The summed E-state index contributed by atoms with van der Waals surface area (Å²) in [6.07, 6.45) is 1.64. The van der Waals surface area contributed by atoms with Crippen LogP contribution in [0.15, 0.2) is 30.9 Å².